The van der Waals surface area contributed by atoms with Gasteiger partial charge in [-0.1, -0.05) is 54.1 Å². The molecule has 7 heteroatoms. The number of hydrogen-bond donors (Lipinski definition) is 0. The smallest absolute Gasteiger partial charge is 0.577 e. The van der Waals surface area contributed by atoms with Gasteiger partial charge in [0.05, 0.1) is 10.8 Å². The molecule has 0 N–H and O–H groups in total. The summed E-state index contributed by atoms with van der Waals surface area (Å²) in [7, 11) is 0. The van der Waals surface area contributed by atoms with E-state index >= 15 is 0 Å². The predicted octanol–water partition coefficient (Wildman–Crippen LogP) is 6.63. The first-order chi connectivity index (χ1) is 16.3. The Bertz CT molecular complexity index is 1540. The van der Waals surface area contributed by atoms with Gasteiger partial charge in [0.15, 0.2) is 0 Å². The fourth-order valence-electron chi connectivity index (χ4n) is 3.88. The molecular formula is C26H16AlClN2O3. The lowest BCUT2D eigenvalue weighted by molar-refractivity contribution is 0.309. The molecule has 0 aliphatic carbocycles. The zero-order chi connectivity index (χ0) is 22.2. The highest BCUT2D eigenvalue weighted by atomic mass is 35.5. The monoisotopic (exact) mass is 466 g/mol. The minimum atomic E-state index is -2.80. The van der Waals surface area contributed by atoms with Gasteiger partial charge in [-0.2, -0.15) is 0 Å². The Labute approximate surface area is 200 Å². The topological polar surface area (TPSA) is 52.9 Å². The summed E-state index contributed by atoms with van der Waals surface area (Å²) in [5, 5.41) is 3.50. The number of pyridine rings is 1. The highest BCUT2D eigenvalue weighted by Gasteiger charge is 2.46. The van der Waals surface area contributed by atoms with Crippen molar-refractivity contribution >= 4 is 60.3 Å². The maximum absolute atomic E-state index is 6.38. The summed E-state index contributed by atoms with van der Waals surface area (Å²) >= 11 is 3.57. The van der Waals surface area contributed by atoms with Crippen molar-refractivity contribution in [3.8, 4) is 17.2 Å². The Morgan fingerprint density at radius 1 is 0.758 bits per heavy atom. The van der Waals surface area contributed by atoms with E-state index in [1.807, 2.05) is 66.7 Å². The Morgan fingerprint density at radius 2 is 1.58 bits per heavy atom. The number of nitrogens with zero attached hydrogens (tertiary/aromatic N) is 2. The zero-order valence-corrected chi connectivity index (χ0v) is 19.2. The number of benzene rings is 4. The van der Waals surface area contributed by atoms with Gasteiger partial charge < -0.3 is 11.4 Å². The molecule has 0 saturated carbocycles. The number of aliphatic imine (C=N–C) groups is 1. The summed E-state index contributed by atoms with van der Waals surface area (Å²) in [4.78, 5) is 9.26. The third-order valence-electron chi connectivity index (χ3n) is 5.46. The molecule has 1 aliphatic rings. The van der Waals surface area contributed by atoms with Gasteiger partial charge in [0.25, 0.3) is 0 Å². The Balaban J connectivity index is 1.49. The van der Waals surface area contributed by atoms with Crippen LogP contribution in [-0.4, -0.2) is 26.3 Å². The van der Waals surface area contributed by atoms with Crippen LogP contribution in [0.15, 0.2) is 96.1 Å². The van der Waals surface area contributed by atoms with Crippen molar-refractivity contribution in [2.75, 3.05) is 0 Å². The number of fused-ring (bicyclic) bond motifs is 5. The van der Waals surface area contributed by atoms with Gasteiger partial charge in [-0.05, 0) is 47.9 Å². The van der Waals surface area contributed by atoms with Gasteiger partial charge in [-0.25, -0.2) is 0 Å². The van der Waals surface area contributed by atoms with Crippen LogP contribution in [0.4, 0.5) is 5.69 Å². The normalized spacial score (nSPS) is 12.7. The van der Waals surface area contributed by atoms with E-state index in [-0.39, 0.29) is 0 Å². The van der Waals surface area contributed by atoms with E-state index in [2.05, 4.69) is 11.1 Å². The second-order valence-corrected chi connectivity index (χ2v) is 9.21. The van der Waals surface area contributed by atoms with E-state index in [0.29, 0.717) is 27.8 Å². The molecule has 0 saturated heterocycles. The summed E-state index contributed by atoms with van der Waals surface area (Å²) in [6, 6.07) is 27.1. The summed E-state index contributed by atoms with van der Waals surface area (Å²) in [6.07, 6.45) is 3.52. The van der Waals surface area contributed by atoms with Crippen LogP contribution in [0.5, 0.6) is 17.2 Å². The van der Waals surface area contributed by atoms with Crippen LogP contribution in [0.25, 0.3) is 21.7 Å². The first kappa shape index (κ1) is 20.1. The molecule has 0 unspecified atom stereocenters. The Morgan fingerprint density at radius 3 is 2.55 bits per heavy atom. The second kappa shape index (κ2) is 8.42. The fraction of sp³-hybridized carbons (Fsp3) is 0. The van der Waals surface area contributed by atoms with Crippen molar-refractivity contribution in [3.63, 3.8) is 0 Å². The Kier molecular flexibility index (Phi) is 5.12. The average molecular weight is 467 g/mol. The van der Waals surface area contributed by atoms with Crippen molar-refractivity contribution in [1.29, 1.82) is 0 Å². The molecule has 158 valence electrons. The number of hydrogen-bond acceptors (Lipinski definition) is 5. The van der Waals surface area contributed by atoms with E-state index < -0.39 is 15.1 Å². The van der Waals surface area contributed by atoms with E-state index in [1.54, 1.807) is 24.5 Å². The van der Waals surface area contributed by atoms with E-state index in [1.165, 1.54) is 0 Å². The molecule has 0 atom stereocenters. The van der Waals surface area contributed by atoms with E-state index in [9.17, 15) is 0 Å². The van der Waals surface area contributed by atoms with Crippen LogP contribution in [0.2, 0.25) is 5.02 Å². The molecule has 5 nitrogen and oxygen atoms in total. The minimum Gasteiger partial charge on any atom is -0.577 e. The molecule has 4 aromatic carbocycles. The molecule has 0 spiro atoms. The van der Waals surface area contributed by atoms with E-state index in [0.717, 1.165) is 27.4 Å². The van der Waals surface area contributed by atoms with Gasteiger partial charge in [0.2, 0.25) is 0 Å². The second-order valence-electron chi connectivity index (χ2n) is 7.52. The highest BCUT2D eigenvalue weighted by molar-refractivity contribution is 6.40. The van der Waals surface area contributed by atoms with Crippen molar-refractivity contribution in [2.45, 2.75) is 0 Å². The summed E-state index contributed by atoms with van der Waals surface area (Å²) in [5.74, 6) is 1.83. The molecule has 0 amide bonds. The third kappa shape index (κ3) is 3.79. The van der Waals surface area contributed by atoms with Gasteiger partial charge in [0.1, 0.15) is 22.7 Å². The van der Waals surface area contributed by atoms with Crippen LogP contribution in [0.3, 0.4) is 0 Å². The number of para-hydroxylation sites is 1. The molecule has 1 aliphatic heterocycles. The molecule has 0 fully saturated rings. The number of halogens is 1. The van der Waals surface area contributed by atoms with Crippen LogP contribution < -0.4 is 11.4 Å². The van der Waals surface area contributed by atoms with Crippen molar-refractivity contribution < 1.29 is 11.4 Å². The quantitative estimate of drug-likeness (QED) is 0.274. The van der Waals surface area contributed by atoms with Crippen LogP contribution in [-0.2, 0) is 0 Å². The first-order valence-electron chi connectivity index (χ1n) is 10.4. The summed E-state index contributed by atoms with van der Waals surface area (Å²) in [6.45, 7) is 0. The molecule has 0 radical (unpaired) electrons. The largest absolute Gasteiger partial charge is 1.20 e. The molecule has 5 aromatic rings. The van der Waals surface area contributed by atoms with Crippen LogP contribution in [0.1, 0.15) is 5.56 Å². The first-order valence-corrected chi connectivity index (χ1v) is 12.2. The summed E-state index contributed by atoms with van der Waals surface area (Å²) < 4.78 is 19.1. The minimum absolute atomic E-state index is 0.562. The standard InChI is InChI=1S/C17H13NO2.C9H6ClNO.Al/c19-15-8-4-2-6-13(15)11-18-17-14-7-3-1-5-12(14)9-10-16(17)20;10-7-3-4-8(12)9-6(7)2-1-5-11-9;/h1-11,19-20H;1-5,12H;/q;;+3/p-3. The van der Waals surface area contributed by atoms with Crippen LogP contribution in [0, 0.1) is 0 Å². The lowest BCUT2D eigenvalue weighted by Crippen LogP contribution is -2.37. The maximum atomic E-state index is 6.38. The lowest BCUT2D eigenvalue weighted by Gasteiger charge is -2.18. The van der Waals surface area contributed by atoms with Crippen molar-refractivity contribution in [2.24, 2.45) is 4.99 Å². The maximum Gasteiger partial charge on any atom is 1.20 e. The average Bonchev–Trinajstić information content (AvgIpc) is 2.93. The molecule has 0 bridgehead atoms. The van der Waals surface area contributed by atoms with Gasteiger partial charge in [0, 0.05) is 28.7 Å². The molecule has 1 aromatic heterocycles. The van der Waals surface area contributed by atoms with Crippen molar-refractivity contribution in [1.82, 2.24) is 4.98 Å². The third-order valence-corrected chi connectivity index (χ3v) is 7.13. The molecule has 2 heterocycles. The predicted molar refractivity (Wildman–Crippen MR) is 132 cm³/mol. The van der Waals surface area contributed by atoms with Gasteiger partial charge >= 0.3 is 15.1 Å². The fourth-order valence-corrected chi connectivity index (χ4v) is 5.46. The highest BCUT2D eigenvalue weighted by Crippen LogP contribution is 2.38. The number of rotatable bonds is 2. The SMILES string of the molecule is Clc1ccc([O][Al]2[O]c3ccccc3C=Nc3c(ccc4ccccc34)[O]2)c2ncccc12. The molecule has 6 rings (SSSR count). The zero-order valence-electron chi connectivity index (χ0n) is 17.3. The van der Waals surface area contributed by atoms with Gasteiger partial charge in [-0.3, -0.25) is 9.98 Å². The molecule has 33 heavy (non-hydrogen) atoms. The van der Waals surface area contributed by atoms with Crippen molar-refractivity contribution in [3.05, 3.63) is 102 Å². The van der Waals surface area contributed by atoms with Crippen LogP contribution >= 0.6 is 11.6 Å². The van der Waals surface area contributed by atoms with E-state index in [4.69, 9.17) is 28.0 Å². The number of aromatic nitrogens is 1. The lowest BCUT2D eigenvalue weighted by atomic mass is 10.1. The van der Waals surface area contributed by atoms with Gasteiger partial charge in [-0.15, -0.1) is 0 Å². The molecular weight excluding hydrogens is 451 g/mol. The Hall–Kier alpha value is -3.56. The summed E-state index contributed by atoms with van der Waals surface area (Å²) in [5.41, 5.74) is 2.25.